The molecule has 0 spiro atoms. The third-order valence-corrected chi connectivity index (χ3v) is 6.36. The highest BCUT2D eigenvalue weighted by Gasteiger charge is 2.27. The van der Waals surface area contributed by atoms with Gasteiger partial charge in [0.2, 0.25) is 0 Å². The molecule has 0 unspecified atom stereocenters. The van der Waals surface area contributed by atoms with Crippen molar-refractivity contribution in [2.75, 3.05) is 11.9 Å². The Hall–Kier alpha value is -1.83. The van der Waals surface area contributed by atoms with Crippen LogP contribution in [0.1, 0.15) is 54.5 Å². The summed E-state index contributed by atoms with van der Waals surface area (Å²) in [5.74, 6) is -0.445. The van der Waals surface area contributed by atoms with Crippen LogP contribution in [0.15, 0.2) is 23.6 Å². The second-order valence-electron chi connectivity index (χ2n) is 6.83. The quantitative estimate of drug-likeness (QED) is 0.542. The van der Waals surface area contributed by atoms with Crippen LogP contribution in [-0.2, 0) is 11.3 Å². The molecule has 29 heavy (non-hydrogen) atoms. The number of aromatic nitrogens is 1. The first-order chi connectivity index (χ1) is 14.0. The maximum absolute atomic E-state index is 13.1. The highest BCUT2D eigenvalue weighted by Crippen LogP contribution is 2.28. The van der Waals surface area contributed by atoms with E-state index < -0.39 is 5.97 Å². The normalized spacial score (nSPS) is 14.4. The average Bonchev–Trinajstić information content (AvgIpc) is 3.19. The lowest BCUT2D eigenvalue weighted by molar-refractivity contribution is 0.0520. The molecule has 1 aliphatic carbocycles. The number of anilines is 1. The van der Waals surface area contributed by atoms with E-state index in [0.29, 0.717) is 33.9 Å². The lowest BCUT2D eigenvalue weighted by Gasteiger charge is -2.34. The van der Waals surface area contributed by atoms with Crippen LogP contribution in [0.25, 0.3) is 0 Å². The van der Waals surface area contributed by atoms with Crippen LogP contribution < -0.4 is 5.32 Å². The number of rotatable bonds is 6. The SMILES string of the molecule is CCOC(=O)c1csc(CN(C(=O)Nc2ccc(Cl)c(Cl)c2)C2CCCCC2)n1. The van der Waals surface area contributed by atoms with Crippen LogP contribution in [0.3, 0.4) is 0 Å². The van der Waals surface area contributed by atoms with Gasteiger partial charge in [0.25, 0.3) is 0 Å². The van der Waals surface area contributed by atoms with E-state index in [4.69, 9.17) is 27.9 Å². The van der Waals surface area contributed by atoms with E-state index in [0.717, 1.165) is 25.7 Å². The van der Waals surface area contributed by atoms with Crippen molar-refractivity contribution in [1.29, 1.82) is 0 Å². The topological polar surface area (TPSA) is 71.5 Å². The maximum Gasteiger partial charge on any atom is 0.357 e. The second kappa shape index (κ2) is 10.3. The average molecular weight is 456 g/mol. The summed E-state index contributed by atoms with van der Waals surface area (Å²) in [6.45, 7) is 2.39. The summed E-state index contributed by atoms with van der Waals surface area (Å²) >= 11 is 13.4. The molecule has 1 heterocycles. The van der Waals surface area contributed by atoms with Crippen LogP contribution in [0, 0.1) is 0 Å². The summed E-state index contributed by atoms with van der Waals surface area (Å²) in [6.07, 6.45) is 5.26. The molecular formula is C20H23Cl2N3O3S. The molecule has 156 valence electrons. The van der Waals surface area contributed by atoms with Crippen molar-refractivity contribution in [1.82, 2.24) is 9.88 Å². The van der Waals surface area contributed by atoms with Crippen LogP contribution >= 0.6 is 34.5 Å². The van der Waals surface area contributed by atoms with E-state index in [1.165, 1.54) is 17.8 Å². The number of esters is 1. The number of halogens is 2. The number of nitrogens with one attached hydrogen (secondary N) is 1. The van der Waals surface area contributed by atoms with Crippen molar-refractivity contribution in [3.05, 3.63) is 44.3 Å². The number of ether oxygens (including phenoxy) is 1. The van der Waals surface area contributed by atoms with E-state index in [-0.39, 0.29) is 17.8 Å². The van der Waals surface area contributed by atoms with Crippen molar-refractivity contribution in [3.8, 4) is 0 Å². The van der Waals surface area contributed by atoms with Crippen molar-refractivity contribution in [2.45, 2.75) is 51.6 Å². The summed E-state index contributed by atoms with van der Waals surface area (Å²) in [7, 11) is 0. The van der Waals surface area contributed by atoms with Crippen molar-refractivity contribution >= 4 is 52.2 Å². The monoisotopic (exact) mass is 455 g/mol. The molecular weight excluding hydrogens is 433 g/mol. The predicted molar refractivity (Wildman–Crippen MR) is 116 cm³/mol. The summed E-state index contributed by atoms with van der Waals surface area (Å²) in [5.41, 5.74) is 0.858. The molecule has 1 N–H and O–H groups in total. The molecule has 9 heteroatoms. The number of carbonyl (C=O) groups is 2. The molecule has 0 bridgehead atoms. The van der Waals surface area contributed by atoms with Crippen molar-refractivity contribution in [3.63, 3.8) is 0 Å². The second-order valence-corrected chi connectivity index (χ2v) is 8.58. The highest BCUT2D eigenvalue weighted by atomic mass is 35.5. The Labute approximate surface area is 184 Å². The molecule has 0 radical (unpaired) electrons. The number of urea groups is 1. The van der Waals surface area contributed by atoms with E-state index in [1.54, 1.807) is 35.4 Å². The van der Waals surface area contributed by atoms with Gasteiger partial charge in [-0.2, -0.15) is 0 Å². The lowest BCUT2D eigenvalue weighted by Crippen LogP contribution is -2.43. The van der Waals surface area contributed by atoms with Gasteiger partial charge in [-0.1, -0.05) is 42.5 Å². The first kappa shape index (κ1) is 21.9. The Morgan fingerprint density at radius 3 is 2.69 bits per heavy atom. The molecule has 1 saturated carbocycles. The third kappa shape index (κ3) is 5.84. The highest BCUT2D eigenvalue weighted by molar-refractivity contribution is 7.09. The van der Waals surface area contributed by atoms with E-state index in [9.17, 15) is 9.59 Å². The van der Waals surface area contributed by atoms with Gasteiger partial charge in [-0.3, -0.25) is 0 Å². The largest absolute Gasteiger partial charge is 0.461 e. The van der Waals surface area contributed by atoms with Gasteiger partial charge >= 0.3 is 12.0 Å². The number of benzene rings is 1. The summed E-state index contributed by atoms with van der Waals surface area (Å²) in [5, 5.41) is 6.09. The Morgan fingerprint density at radius 2 is 2.00 bits per heavy atom. The van der Waals surface area contributed by atoms with Gasteiger partial charge in [0, 0.05) is 17.1 Å². The summed E-state index contributed by atoms with van der Waals surface area (Å²) in [4.78, 5) is 31.1. The van der Waals surface area contributed by atoms with Gasteiger partial charge in [-0.05, 0) is 38.0 Å². The molecule has 1 aliphatic rings. The smallest absolute Gasteiger partial charge is 0.357 e. The summed E-state index contributed by atoms with van der Waals surface area (Å²) in [6, 6.07) is 4.90. The molecule has 3 rings (SSSR count). The Balaban J connectivity index is 1.76. The number of carbonyl (C=O) groups excluding carboxylic acids is 2. The zero-order chi connectivity index (χ0) is 20.8. The number of nitrogens with zero attached hydrogens (tertiary/aromatic N) is 2. The first-order valence-corrected chi connectivity index (χ1v) is 11.3. The minimum atomic E-state index is -0.445. The van der Waals surface area contributed by atoms with Crippen molar-refractivity contribution in [2.24, 2.45) is 0 Å². The first-order valence-electron chi connectivity index (χ1n) is 9.62. The van der Waals surface area contributed by atoms with Gasteiger partial charge in [-0.25, -0.2) is 14.6 Å². The number of hydrogen-bond acceptors (Lipinski definition) is 5. The fourth-order valence-corrected chi connectivity index (χ4v) is 4.42. The Bertz CT molecular complexity index is 868. The van der Waals surface area contributed by atoms with Crippen LogP contribution in [0.4, 0.5) is 10.5 Å². The molecule has 0 aliphatic heterocycles. The fraction of sp³-hybridized carbons (Fsp3) is 0.450. The standard InChI is InChI=1S/C20H23Cl2N3O3S/c1-2-28-19(26)17-12-29-18(24-17)11-25(14-6-4-3-5-7-14)20(27)23-13-8-9-15(21)16(22)10-13/h8-10,12,14H,2-7,11H2,1H3,(H,23,27). The molecule has 0 saturated heterocycles. The molecule has 2 aromatic rings. The van der Waals surface area contributed by atoms with Gasteiger partial charge < -0.3 is 15.0 Å². The lowest BCUT2D eigenvalue weighted by atomic mass is 9.94. The van der Waals surface area contributed by atoms with E-state index in [2.05, 4.69) is 10.3 Å². The molecule has 1 fully saturated rings. The molecule has 1 aromatic heterocycles. The number of thiazole rings is 1. The Morgan fingerprint density at radius 1 is 1.24 bits per heavy atom. The van der Waals surface area contributed by atoms with Crippen molar-refractivity contribution < 1.29 is 14.3 Å². The fourth-order valence-electron chi connectivity index (χ4n) is 3.36. The van der Waals surface area contributed by atoms with E-state index >= 15 is 0 Å². The Kier molecular flexibility index (Phi) is 7.75. The number of hydrogen-bond donors (Lipinski definition) is 1. The van der Waals surface area contributed by atoms with Crippen LogP contribution in [-0.4, -0.2) is 34.5 Å². The minimum Gasteiger partial charge on any atom is -0.461 e. The molecule has 1 aromatic carbocycles. The molecule has 6 nitrogen and oxygen atoms in total. The summed E-state index contributed by atoms with van der Waals surface area (Å²) < 4.78 is 5.00. The zero-order valence-electron chi connectivity index (χ0n) is 16.1. The van der Waals surface area contributed by atoms with Gasteiger partial charge in [0.15, 0.2) is 5.69 Å². The van der Waals surface area contributed by atoms with E-state index in [1.807, 2.05) is 0 Å². The zero-order valence-corrected chi connectivity index (χ0v) is 18.4. The van der Waals surface area contributed by atoms with Gasteiger partial charge in [0.1, 0.15) is 5.01 Å². The molecule has 0 atom stereocenters. The van der Waals surface area contributed by atoms with Gasteiger partial charge in [0.05, 0.1) is 23.2 Å². The third-order valence-electron chi connectivity index (χ3n) is 4.79. The maximum atomic E-state index is 13.1. The van der Waals surface area contributed by atoms with Crippen LogP contribution in [0.2, 0.25) is 10.0 Å². The van der Waals surface area contributed by atoms with Gasteiger partial charge in [-0.15, -0.1) is 11.3 Å². The molecule has 2 amide bonds. The number of amides is 2. The van der Waals surface area contributed by atoms with Crippen LogP contribution in [0.5, 0.6) is 0 Å². The minimum absolute atomic E-state index is 0.126. The predicted octanol–water partition coefficient (Wildman–Crippen LogP) is 5.99.